The fraction of sp³-hybridized carbons (Fsp3) is 0.200. The van der Waals surface area contributed by atoms with Crippen LogP contribution in [0.1, 0.15) is 12.5 Å². The second-order valence-electron chi connectivity index (χ2n) is 3.82. The number of hydrogen-bond donors (Lipinski definition) is 1. The molecule has 2 N–H and O–H groups in total. The van der Waals surface area contributed by atoms with Crippen LogP contribution in [0.15, 0.2) is 66.7 Å². The lowest BCUT2D eigenvalue weighted by Crippen LogP contribution is -2.17. The van der Waals surface area contributed by atoms with Gasteiger partial charge in [0.15, 0.2) is 0 Å². The second-order valence-corrected chi connectivity index (χ2v) is 3.82. The molecule has 92 valence electrons. The van der Waals surface area contributed by atoms with Gasteiger partial charge in [-0.25, -0.2) is 0 Å². The largest absolute Gasteiger partial charge is 0.328 e. The summed E-state index contributed by atoms with van der Waals surface area (Å²) in [6, 6.07) is 22.6. The Morgan fingerprint density at radius 2 is 1.18 bits per heavy atom. The van der Waals surface area contributed by atoms with Crippen molar-refractivity contribution in [1.82, 2.24) is 0 Å². The van der Waals surface area contributed by atoms with Crippen molar-refractivity contribution in [2.45, 2.75) is 19.4 Å². The quantitative estimate of drug-likeness (QED) is 0.863. The summed E-state index contributed by atoms with van der Waals surface area (Å²) in [4.78, 5) is 0. The van der Waals surface area contributed by atoms with Crippen molar-refractivity contribution in [2.75, 3.05) is 0 Å². The zero-order valence-corrected chi connectivity index (χ0v) is 10.9. The van der Waals surface area contributed by atoms with E-state index in [2.05, 4.69) is 12.1 Å². The maximum Gasteiger partial charge on any atom is 0.00509 e. The number of rotatable bonds is 2. The van der Waals surface area contributed by atoms with Crippen LogP contribution in [0, 0.1) is 0 Å². The number of benzene rings is 2. The first-order valence-corrected chi connectivity index (χ1v) is 5.58. The molecule has 0 amide bonds. The molecule has 0 fully saturated rings. The lowest BCUT2D eigenvalue weighted by molar-refractivity contribution is 0.738. The van der Waals surface area contributed by atoms with Crippen LogP contribution in [-0.2, 0) is 6.42 Å². The van der Waals surface area contributed by atoms with Gasteiger partial charge in [-0.15, -0.1) is 12.4 Å². The summed E-state index contributed by atoms with van der Waals surface area (Å²) >= 11 is 0. The minimum atomic E-state index is 0. The molecule has 2 aromatic carbocycles. The molecule has 17 heavy (non-hydrogen) atoms. The topological polar surface area (TPSA) is 26.0 Å². The van der Waals surface area contributed by atoms with E-state index in [9.17, 15) is 0 Å². The van der Waals surface area contributed by atoms with Crippen molar-refractivity contribution in [3.8, 4) is 0 Å². The maximum absolute atomic E-state index is 5.62. The summed E-state index contributed by atoms with van der Waals surface area (Å²) in [5.41, 5.74) is 6.94. The molecule has 0 heterocycles. The third kappa shape index (κ3) is 8.49. The lowest BCUT2D eigenvalue weighted by atomic mass is 10.1. The molecule has 1 unspecified atom stereocenters. The normalized spacial score (nSPS) is 10.5. The molecule has 0 spiro atoms. The second kappa shape index (κ2) is 9.88. The molecule has 2 heteroatoms. The molecule has 0 bridgehead atoms. The molecule has 1 atom stereocenters. The van der Waals surface area contributed by atoms with Gasteiger partial charge in [-0.3, -0.25) is 0 Å². The number of nitrogens with two attached hydrogens (primary N) is 1. The average Bonchev–Trinajstić information content (AvgIpc) is 2.32. The summed E-state index contributed by atoms with van der Waals surface area (Å²) in [5.74, 6) is 0. The monoisotopic (exact) mass is 249 g/mol. The van der Waals surface area contributed by atoms with E-state index in [0.29, 0.717) is 0 Å². The Hall–Kier alpha value is -1.31. The van der Waals surface area contributed by atoms with Gasteiger partial charge in [-0.2, -0.15) is 0 Å². The molecular formula is C15H20ClN. The Bertz CT molecular complexity index is 332. The van der Waals surface area contributed by atoms with Crippen LogP contribution < -0.4 is 5.73 Å². The predicted molar refractivity (Wildman–Crippen MR) is 77.5 cm³/mol. The first-order chi connectivity index (χ1) is 7.79. The van der Waals surface area contributed by atoms with Gasteiger partial charge in [-0.1, -0.05) is 66.7 Å². The summed E-state index contributed by atoms with van der Waals surface area (Å²) in [7, 11) is 0. The number of hydrogen-bond acceptors (Lipinski definition) is 1. The average molecular weight is 250 g/mol. The van der Waals surface area contributed by atoms with Crippen molar-refractivity contribution in [1.29, 1.82) is 0 Å². The third-order valence-corrected chi connectivity index (χ3v) is 2.07. The molecule has 0 saturated heterocycles. The zero-order chi connectivity index (χ0) is 11.6. The molecule has 0 radical (unpaired) electrons. The highest BCUT2D eigenvalue weighted by Gasteiger charge is 1.94. The Kier molecular flexibility index (Phi) is 9.12. The Morgan fingerprint density at radius 1 is 0.824 bits per heavy atom. The standard InChI is InChI=1S/C9H13N.C6H6.ClH/c1-8(10)7-9-5-3-2-4-6-9;1-2-4-6-5-3-1;/h2-6,8H,7,10H2,1H3;1-6H;1H. The van der Waals surface area contributed by atoms with Crippen LogP contribution in [0.2, 0.25) is 0 Å². The minimum absolute atomic E-state index is 0. The van der Waals surface area contributed by atoms with Crippen molar-refractivity contribution in [3.63, 3.8) is 0 Å². The van der Waals surface area contributed by atoms with E-state index < -0.39 is 0 Å². The summed E-state index contributed by atoms with van der Waals surface area (Å²) in [5, 5.41) is 0. The van der Waals surface area contributed by atoms with E-state index in [0.717, 1.165) is 6.42 Å². The molecule has 0 saturated carbocycles. The van der Waals surface area contributed by atoms with Gasteiger partial charge in [-0.05, 0) is 18.9 Å². The molecule has 0 aliphatic heterocycles. The van der Waals surface area contributed by atoms with Crippen molar-refractivity contribution in [3.05, 3.63) is 72.3 Å². The summed E-state index contributed by atoms with van der Waals surface area (Å²) in [6.45, 7) is 2.02. The van der Waals surface area contributed by atoms with E-state index in [4.69, 9.17) is 5.73 Å². The van der Waals surface area contributed by atoms with Gasteiger partial charge in [0.1, 0.15) is 0 Å². The SMILES string of the molecule is CC(N)Cc1ccccc1.Cl.c1ccccc1. The smallest absolute Gasteiger partial charge is 0.00509 e. The molecule has 1 nitrogen and oxygen atoms in total. The zero-order valence-electron chi connectivity index (χ0n) is 10.1. The first kappa shape index (κ1) is 15.7. The van der Waals surface area contributed by atoms with E-state index in [1.807, 2.05) is 61.5 Å². The lowest BCUT2D eigenvalue weighted by Gasteiger charge is -2.02. The molecule has 2 aromatic rings. The van der Waals surface area contributed by atoms with Crippen molar-refractivity contribution < 1.29 is 0 Å². The first-order valence-electron chi connectivity index (χ1n) is 5.58. The summed E-state index contributed by atoms with van der Waals surface area (Å²) < 4.78 is 0. The third-order valence-electron chi connectivity index (χ3n) is 2.07. The number of halogens is 1. The molecule has 0 aliphatic carbocycles. The molecule has 2 rings (SSSR count). The van der Waals surface area contributed by atoms with Crippen LogP contribution in [0.25, 0.3) is 0 Å². The van der Waals surface area contributed by atoms with Gasteiger partial charge >= 0.3 is 0 Å². The maximum atomic E-state index is 5.62. The van der Waals surface area contributed by atoms with Gasteiger partial charge in [0.05, 0.1) is 0 Å². The van der Waals surface area contributed by atoms with Crippen LogP contribution in [0.3, 0.4) is 0 Å². The Labute approximate surface area is 110 Å². The van der Waals surface area contributed by atoms with Gasteiger partial charge in [0, 0.05) is 6.04 Å². The minimum Gasteiger partial charge on any atom is -0.328 e. The van der Waals surface area contributed by atoms with E-state index >= 15 is 0 Å². The van der Waals surface area contributed by atoms with Crippen molar-refractivity contribution in [2.24, 2.45) is 5.73 Å². The molecular weight excluding hydrogens is 230 g/mol. The highest BCUT2D eigenvalue weighted by atomic mass is 35.5. The van der Waals surface area contributed by atoms with Crippen LogP contribution in [-0.4, -0.2) is 6.04 Å². The fourth-order valence-corrected chi connectivity index (χ4v) is 1.37. The van der Waals surface area contributed by atoms with Crippen molar-refractivity contribution >= 4 is 12.4 Å². The van der Waals surface area contributed by atoms with Gasteiger partial charge in [0.2, 0.25) is 0 Å². The predicted octanol–water partition coefficient (Wildman–Crippen LogP) is 3.68. The molecule has 0 aromatic heterocycles. The van der Waals surface area contributed by atoms with Gasteiger partial charge in [0.25, 0.3) is 0 Å². The highest BCUT2D eigenvalue weighted by molar-refractivity contribution is 5.85. The van der Waals surface area contributed by atoms with E-state index in [1.165, 1.54) is 5.56 Å². The van der Waals surface area contributed by atoms with Crippen LogP contribution >= 0.6 is 12.4 Å². The van der Waals surface area contributed by atoms with E-state index in [1.54, 1.807) is 0 Å². The fourth-order valence-electron chi connectivity index (χ4n) is 1.37. The van der Waals surface area contributed by atoms with E-state index in [-0.39, 0.29) is 18.4 Å². The Balaban J connectivity index is 0.000000316. The highest BCUT2D eigenvalue weighted by Crippen LogP contribution is 2.00. The van der Waals surface area contributed by atoms with Crippen LogP contribution in [0.5, 0.6) is 0 Å². The summed E-state index contributed by atoms with van der Waals surface area (Å²) in [6.07, 6.45) is 0.973. The molecule has 0 aliphatic rings. The van der Waals surface area contributed by atoms with Gasteiger partial charge < -0.3 is 5.73 Å². The van der Waals surface area contributed by atoms with Crippen LogP contribution in [0.4, 0.5) is 0 Å². The Morgan fingerprint density at radius 3 is 1.53 bits per heavy atom.